The van der Waals surface area contributed by atoms with E-state index in [9.17, 15) is 14.4 Å². The summed E-state index contributed by atoms with van der Waals surface area (Å²) in [6.45, 7) is 0.702. The second-order valence-electron chi connectivity index (χ2n) is 8.46. The molecule has 3 aliphatic rings. The van der Waals surface area contributed by atoms with Crippen LogP contribution in [0.1, 0.15) is 54.7 Å². The lowest BCUT2D eigenvalue weighted by molar-refractivity contribution is -0.123. The molecule has 1 aromatic heterocycles. The standard InChI is InChI=1S/C21H24N4O3/c26-19(11-15-9-12-3-4-13(15)8-12)23-24-20(27)14-5-6-16-17(10-14)22-18-2-1-7-25(18)21(16)28/h5-6,10,12-13,15H,1-4,7-9,11H2,(H,23,26)(H,24,27). The molecule has 2 fully saturated rings. The molecule has 5 rings (SSSR count). The van der Waals surface area contributed by atoms with Crippen LogP contribution in [0.15, 0.2) is 23.0 Å². The molecule has 0 radical (unpaired) electrons. The molecule has 2 N–H and O–H groups in total. The van der Waals surface area contributed by atoms with E-state index in [4.69, 9.17) is 0 Å². The highest BCUT2D eigenvalue weighted by Gasteiger charge is 2.40. The molecule has 3 unspecified atom stereocenters. The van der Waals surface area contributed by atoms with Crippen LogP contribution in [0, 0.1) is 17.8 Å². The number of hydrazine groups is 1. The number of nitrogens with zero attached hydrogens (tertiary/aromatic N) is 2. The number of nitrogens with one attached hydrogen (secondary N) is 2. The highest BCUT2D eigenvalue weighted by atomic mass is 16.2. The summed E-state index contributed by atoms with van der Waals surface area (Å²) in [5.41, 5.74) is 5.89. The quantitative estimate of drug-likeness (QED) is 0.796. The van der Waals surface area contributed by atoms with Crippen molar-refractivity contribution in [2.45, 2.75) is 51.5 Å². The number of aryl methyl sites for hydroxylation is 1. The molecule has 2 heterocycles. The van der Waals surface area contributed by atoms with Crippen molar-refractivity contribution in [3.05, 3.63) is 39.9 Å². The molecule has 2 aromatic rings. The number of amides is 2. The molecule has 7 nitrogen and oxygen atoms in total. The average Bonchev–Trinajstić information content (AvgIpc) is 3.42. The molecule has 2 saturated carbocycles. The van der Waals surface area contributed by atoms with E-state index in [1.165, 1.54) is 19.3 Å². The summed E-state index contributed by atoms with van der Waals surface area (Å²) in [4.78, 5) is 41.7. The lowest BCUT2D eigenvalue weighted by Gasteiger charge is -2.20. The fraction of sp³-hybridized carbons (Fsp3) is 0.524. The van der Waals surface area contributed by atoms with Crippen LogP contribution in [0.5, 0.6) is 0 Å². The van der Waals surface area contributed by atoms with Gasteiger partial charge in [0.1, 0.15) is 5.82 Å². The van der Waals surface area contributed by atoms with E-state index in [0.717, 1.165) is 31.0 Å². The van der Waals surface area contributed by atoms with E-state index in [2.05, 4.69) is 15.8 Å². The Hall–Kier alpha value is -2.70. The van der Waals surface area contributed by atoms with Gasteiger partial charge in [0.05, 0.1) is 10.9 Å². The minimum Gasteiger partial charge on any atom is -0.296 e. The van der Waals surface area contributed by atoms with Gasteiger partial charge in [0.15, 0.2) is 0 Å². The Morgan fingerprint density at radius 2 is 2.07 bits per heavy atom. The molecule has 7 heteroatoms. The van der Waals surface area contributed by atoms with Crippen molar-refractivity contribution < 1.29 is 9.59 Å². The Kier molecular flexibility index (Phi) is 4.18. The van der Waals surface area contributed by atoms with Gasteiger partial charge in [-0.15, -0.1) is 0 Å². The predicted molar refractivity (Wildman–Crippen MR) is 103 cm³/mol. The molecule has 0 spiro atoms. The van der Waals surface area contributed by atoms with E-state index >= 15 is 0 Å². The fourth-order valence-corrected chi connectivity index (χ4v) is 5.34. The lowest BCUT2D eigenvalue weighted by atomic mass is 9.86. The molecule has 1 aliphatic heterocycles. The van der Waals surface area contributed by atoms with Crippen molar-refractivity contribution in [2.75, 3.05) is 0 Å². The van der Waals surface area contributed by atoms with Crippen molar-refractivity contribution in [3.63, 3.8) is 0 Å². The average molecular weight is 380 g/mol. The van der Waals surface area contributed by atoms with Crippen LogP contribution in [0.2, 0.25) is 0 Å². The van der Waals surface area contributed by atoms with Crippen LogP contribution < -0.4 is 16.4 Å². The van der Waals surface area contributed by atoms with Crippen LogP contribution in [0.3, 0.4) is 0 Å². The Labute approximate surface area is 162 Å². The Morgan fingerprint density at radius 1 is 1.18 bits per heavy atom. The maximum Gasteiger partial charge on any atom is 0.269 e. The second-order valence-corrected chi connectivity index (χ2v) is 8.46. The van der Waals surface area contributed by atoms with Crippen molar-refractivity contribution >= 4 is 22.7 Å². The molecule has 28 heavy (non-hydrogen) atoms. The smallest absolute Gasteiger partial charge is 0.269 e. The summed E-state index contributed by atoms with van der Waals surface area (Å²) in [6.07, 6.45) is 7.12. The number of carbonyl (C=O) groups is 2. The fourth-order valence-electron chi connectivity index (χ4n) is 5.34. The molecule has 2 amide bonds. The lowest BCUT2D eigenvalue weighted by Crippen LogP contribution is -2.42. The zero-order chi connectivity index (χ0) is 19.3. The van der Waals surface area contributed by atoms with Gasteiger partial charge >= 0.3 is 0 Å². The van der Waals surface area contributed by atoms with E-state index in [1.807, 2.05) is 0 Å². The van der Waals surface area contributed by atoms with Gasteiger partial charge in [-0.1, -0.05) is 6.42 Å². The molecule has 2 bridgehead atoms. The Balaban J connectivity index is 1.25. The highest BCUT2D eigenvalue weighted by Crippen LogP contribution is 2.49. The zero-order valence-electron chi connectivity index (χ0n) is 15.7. The van der Waals surface area contributed by atoms with E-state index in [-0.39, 0.29) is 11.5 Å². The minimum absolute atomic E-state index is 0.0522. The van der Waals surface area contributed by atoms with Crippen molar-refractivity contribution in [2.24, 2.45) is 17.8 Å². The van der Waals surface area contributed by atoms with Gasteiger partial charge in [-0.2, -0.15) is 0 Å². The first kappa shape index (κ1) is 17.4. The third kappa shape index (κ3) is 2.99. The Bertz CT molecular complexity index is 1030. The first-order valence-corrected chi connectivity index (χ1v) is 10.2. The van der Waals surface area contributed by atoms with Gasteiger partial charge in [0.2, 0.25) is 5.91 Å². The van der Waals surface area contributed by atoms with Crippen LogP contribution in [0.4, 0.5) is 0 Å². The summed E-state index contributed by atoms with van der Waals surface area (Å²) in [5.74, 6) is 2.17. The summed E-state index contributed by atoms with van der Waals surface area (Å²) >= 11 is 0. The molecular formula is C21H24N4O3. The molecular weight excluding hydrogens is 356 g/mol. The van der Waals surface area contributed by atoms with Gasteiger partial charge in [0, 0.05) is 24.9 Å². The largest absolute Gasteiger partial charge is 0.296 e. The maximum atomic E-state index is 12.5. The third-order valence-corrected chi connectivity index (χ3v) is 6.73. The van der Waals surface area contributed by atoms with Crippen molar-refractivity contribution in [3.8, 4) is 0 Å². The van der Waals surface area contributed by atoms with Crippen LogP contribution in [0.25, 0.3) is 10.9 Å². The molecule has 3 atom stereocenters. The Morgan fingerprint density at radius 3 is 2.86 bits per heavy atom. The minimum atomic E-state index is -0.398. The van der Waals surface area contributed by atoms with E-state index in [0.29, 0.717) is 41.3 Å². The molecule has 0 saturated heterocycles. The van der Waals surface area contributed by atoms with Crippen LogP contribution >= 0.6 is 0 Å². The number of carbonyl (C=O) groups excluding carboxylic acids is 2. The summed E-state index contributed by atoms with van der Waals surface area (Å²) in [5, 5.41) is 0.516. The summed E-state index contributed by atoms with van der Waals surface area (Å²) < 4.78 is 1.71. The van der Waals surface area contributed by atoms with E-state index < -0.39 is 5.91 Å². The first-order chi connectivity index (χ1) is 13.6. The normalized spacial score (nSPS) is 25.1. The van der Waals surface area contributed by atoms with Crippen molar-refractivity contribution in [1.82, 2.24) is 20.4 Å². The van der Waals surface area contributed by atoms with Crippen molar-refractivity contribution in [1.29, 1.82) is 0 Å². The number of hydrogen-bond donors (Lipinski definition) is 2. The van der Waals surface area contributed by atoms with Gasteiger partial charge in [-0.05, 0) is 61.6 Å². The van der Waals surface area contributed by atoms with Crippen LogP contribution in [-0.2, 0) is 17.8 Å². The highest BCUT2D eigenvalue weighted by molar-refractivity contribution is 5.98. The maximum absolute atomic E-state index is 12.5. The number of aromatic nitrogens is 2. The zero-order valence-corrected chi connectivity index (χ0v) is 15.7. The number of rotatable bonds is 3. The first-order valence-electron chi connectivity index (χ1n) is 10.2. The van der Waals surface area contributed by atoms with Gasteiger partial charge < -0.3 is 0 Å². The van der Waals surface area contributed by atoms with E-state index in [1.54, 1.807) is 22.8 Å². The monoisotopic (exact) mass is 380 g/mol. The second kappa shape index (κ2) is 6.72. The SMILES string of the molecule is O=C(CC1CC2CCC1C2)NNC(=O)c1ccc2c(=O)n3c(nc2c1)CCC3. The predicted octanol–water partition coefficient (Wildman–Crippen LogP) is 1.93. The number of hydrogen-bond acceptors (Lipinski definition) is 4. The number of benzene rings is 1. The third-order valence-electron chi connectivity index (χ3n) is 6.73. The summed E-state index contributed by atoms with van der Waals surface area (Å²) in [7, 11) is 0. The van der Waals surface area contributed by atoms with Gasteiger partial charge in [0.25, 0.3) is 11.5 Å². The molecule has 146 valence electrons. The van der Waals surface area contributed by atoms with Crippen LogP contribution in [-0.4, -0.2) is 21.4 Å². The number of fused-ring (bicyclic) bond motifs is 4. The molecule has 2 aliphatic carbocycles. The topological polar surface area (TPSA) is 93.1 Å². The van der Waals surface area contributed by atoms with Gasteiger partial charge in [-0.25, -0.2) is 4.98 Å². The molecule has 1 aromatic carbocycles. The van der Waals surface area contributed by atoms with Gasteiger partial charge in [-0.3, -0.25) is 29.8 Å². The summed E-state index contributed by atoms with van der Waals surface area (Å²) in [6, 6.07) is 4.86.